The number of thiazole rings is 1. The molecule has 2 rings (SSSR count). The fourth-order valence-electron chi connectivity index (χ4n) is 1.67. The highest BCUT2D eigenvalue weighted by Crippen LogP contribution is 2.37. The standard InChI is InChI=1S/C12H13F3N4S/c1-3-4-8-18-9(6(2)10(16)19-8)7-5-17-11(20-7)12(13,14)15/h5H,3-4H2,1-2H3,(H2,16,18,19). The zero-order valence-electron chi connectivity index (χ0n) is 11.0. The van der Waals surface area contributed by atoms with Crippen LogP contribution in [-0.4, -0.2) is 15.0 Å². The summed E-state index contributed by atoms with van der Waals surface area (Å²) in [5.74, 6) is 0.827. The Morgan fingerprint density at radius 1 is 1.30 bits per heavy atom. The Morgan fingerprint density at radius 3 is 2.55 bits per heavy atom. The van der Waals surface area contributed by atoms with Crippen LogP contribution in [0.25, 0.3) is 10.6 Å². The first-order valence-corrected chi connectivity index (χ1v) is 6.81. The molecule has 2 aromatic heterocycles. The van der Waals surface area contributed by atoms with Crippen molar-refractivity contribution in [3.05, 3.63) is 22.6 Å². The molecule has 0 aliphatic carbocycles. The molecule has 8 heteroatoms. The summed E-state index contributed by atoms with van der Waals surface area (Å²) in [5.41, 5.74) is 6.79. The molecule has 4 nitrogen and oxygen atoms in total. The Kier molecular flexibility index (Phi) is 3.94. The van der Waals surface area contributed by atoms with Crippen molar-refractivity contribution < 1.29 is 13.2 Å². The number of halogens is 3. The fourth-order valence-corrected chi connectivity index (χ4v) is 2.50. The number of nitrogens with zero attached hydrogens (tertiary/aromatic N) is 3. The van der Waals surface area contributed by atoms with Crippen LogP contribution in [0.5, 0.6) is 0 Å². The maximum atomic E-state index is 12.6. The summed E-state index contributed by atoms with van der Waals surface area (Å²) in [7, 11) is 0. The largest absolute Gasteiger partial charge is 0.443 e. The van der Waals surface area contributed by atoms with Crippen molar-refractivity contribution in [2.24, 2.45) is 0 Å². The van der Waals surface area contributed by atoms with Gasteiger partial charge in [-0.15, -0.1) is 11.3 Å². The van der Waals surface area contributed by atoms with Crippen LogP contribution in [0.15, 0.2) is 6.20 Å². The van der Waals surface area contributed by atoms with Gasteiger partial charge in [0.05, 0.1) is 10.6 Å². The van der Waals surface area contributed by atoms with E-state index >= 15 is 0 Å². The third kappa shape index (κ3) is 2.90. The quantitative estimate of drug-likeness (QED) is 0.943. The highest BCUT2D eigenvalue weighted by atomic mass is 32.1. The number of anilines is 1. The van der Waals surface area contributed by atoms with Crippen LogP contribution in [0.4, 0.5) is 19.0 Å². The van der Waals surface area contributed by atoms with Crippen LogP contribution >= 0.6 is 11.3 Å². The van der Waals surface area contributed by atoms with Crippen molar-refractivity contribution in [3.8, 4) is 10.6 Å². The third-order valence-electron chi connectivity index (χ3n) is 2.68. The molecule has 0 amide bonds. The van der Waals surface area contributed by atoms with Gasteiger partial charge >= 0.3 is 6.18 Å². The summed E-state index contributed by atoms with van der Waals surface area (Å²) in [5, 5.41) is -0.888. The highest BCUT2D eigenvalue weighted by molar-refractivity contribution is 7.15. The normalized spacial score (nSPS) is 11.8. The number of rotatable bonds is 3. The lowest BCUT2D eigenvalue weighted by atomic mass is 10.2. The van der Waals surface area contributed by atoms with Crippen molar-refractivity contribution in [2.45, 2.75) is 32.9 Å². The number of nitrogen functional groups attached to an aromatic ring is 1. The average Bonchev–Trinajstić information content (AvgIpc) is 2.83. The number of alkyl halides is 3. The van der Waals surface area contributed by atoms with Gasteiger partial charge in [0, 0.05) is 18.2 Å². The van der Waals surface area contributed by atoms with E-state index < -0.39 is 11.2 Å². The molecule has 2 heterocycles. The summed E-state index contributed by atoms with van der Waals surface area (Å²) in [4.78, 5) is 12.2. The van der Waals surface area contributed by atoms with Crippen molar-refractivity contribution in [3.63, 3.8) is 0 Å². The molecule has 0 atom stereocenters. The summed E-state index contributed by atoms with van der Waals surface area (Å²) in [6.07, 6.45) is -1.81. The summed E-state index contributed by atoms with van der Waals surface area (Å²) in [6, 6.07) is 0. The molecule has 0 aromatic carbocycles. The molecule has 20 heavy (non-hydrogen) atoms. The van der Waals surface area contributed by atoms with Crippen molar-refractivity contribution in [1.29, 1.82) is 0 Å². The number of hydrogen-bond donors (Lipinski definition) is 1. The first-order chi connectivity index (χ1) is 9.32. The van der Waals surface area contributed by atoms with Crippen LogP contribution in [0.2, 0.25) is 0 Å². The monoisotopic (exact) mass is 302 g/mol. The summed E-state index contributed by atoms with van der Waals surface area (Å²) in [6.45, 7) is 3.65. The van der Waals surface area contributed by atoms with Gasteiger partial charge in [-0.1, -0.05) is 6.92 Å². The minimum atomic E-state index is -4.44. The summed E-state index contributed by atoms with van der Waals surface area (Å²) >= 11 is 0.561. The number of hydrogen-bond acceptors (Lipinski definition) is 5. The van der Waals surface area contributed by atoms with Crippen LogP contribution in [0.3, 0.4) is 0 Å². The summed E-state index contributed by atoms with van der Waals surface area (Å²) < 4.78 is 37.8. The molecule has 0 saturated heterocycles. The van der Waals surface area contributed by atoms with E-state index in [1.807, 2.05) is 6.92 Å². The predicted octanol–water partition coefficient (Wildman–Crippen LogP) is 3.46. The maximum Gasteiger partial charge on any atom is 0.443 e. The number of aromatic nitrogens is 3. The van der Waals surface area contributed by atoms with Crippen molar-refractivity contribution >= 4 is 17.2 Å². The molecule has 2 N–H and O–H groups in total. The second kappa shape index (κ2) is 5.35. The van der Waals surface area contributed by atoms with Gasteiger partial charge in [0.25, 0.3) is 0 Å². The van der Waals surface area contributed by atoms with Crippen LogP contribution in [0.1, 0.15) is 29.7 Å². The third-order valence-corrected chi connectivity index (χ3v) is 3.73. The Balaban J connectivity index is 2.49. The molecule has 0 aliphatic heterocycles. The molecular formula is C12H13F3N4S. The highest BCUT2D eigenvalue weighted by Gasteiger charge is 2.35. The van der Waals surface area contributed by atoms with Gasteiger partial charge in [0.15, 0.2) is 5.01 Å². The van der Waals surface area contributed by atoms with E-state index in [4.69, 9.17) is 5.73 Å². The first-order valence-electron chi connectivity index (χ1n) is 5.99. The van der Waals surface area contributed by atoms with E-state index in [1.54, 1.807) is 6.92 Å². The molecule has 0 fully saturated rings. The molecule has 0 unspecified atom stereocenters. The first kappa shape index (κ1) is 14.7. The van der Waals surface area contributed by atoms with E-state index in [0.717, 1.165) is 6.42 Å². The lowest BCUT2D eigenvalue weighted by molar-refractivity contribution is -0.137. The van der Waals surface area contributed by atoms with Crippen LogP contribution in [0, 0.1) is 6.92 Å². The van der Waals surface area contributed by atoms with Gasteiger partial charge in [0.1, 0.15) is 11.6 Å². The van der Waals surface area contributed by atoms with Gasteiger partial charge in [-0.05, 0) is 13.3 Å². The lowest BCUT2D eigenvalue weighted by Gasteiger charge is -2.08. The van der Waals surface area contributed by atoms with Gasteiger partial charge in [-0.3, -0.25) is 0 Å². The second-order valence-corrected chi connectivity index (χ2v) is 5.31. The Hall–Kier alpha value is -1.70. The van der Waals surface area contributed by atoms with E-state index in [1.165, 1.54) is 6.20 Å². The maximum absolute atomic E-state index is 12.6. The van der Waals surface area contributed by atoms with Crippen molar-refractivity contribution in [1.82, 2.24) is 15.0 Å². The molecule has 0 aliphatic rings. The van der Waals surface area contributed by atoms with Gasteiger partial charge in [0.2, 0.25) is 0 Å². The van der Waals surface area contributed by atoms with Gasteiger partial charge in [-0.25, -0.2) is 15.0 Å². The molecule has 2 aromatic rings. The molecule has 108 valence electrons. The zero-order valence-corrected chi connectivity index (χ0v) is 11.8. The van der Waals surface area contributed by atoms with E-state index in [0.29, 0.717) is 45.5 Å². The van der Waals surface area contributed by atoms with E-state index in [9.17, 15) is 13.2 Å². The topological polar surface area (TPSA) is 64.7 Å². The molecule has 0 spiro atoms. The second-order valence-electron chi connectivity index (χ2n) is 4.28. The Labute approximate surface area is 117 Å². The minimum absolute atomic E-state index is 0.292. The van der Waals surface area contributed by atoms with Crippen LogP contribution < -0.4 is 5.73 Å². The van der Waals surface area contributed by atoms with Gasteiger partial charge in [-0.2, -0.15) is 13.2 Å². The Bertz CT molecular complexity index is 622. The lowest BCUT2D eigenvalue weighted by Crippen LogP contribution is -2.04. The molecule has 0 saturated carbocycles. The van der Waals surface area contributed by atoms with Gasteiger partial charge < -0.3 is 5.73 Å². The molecule has 0 radical (unpaired) electrons. The molecule has 0 bridgehead atoms. The van der Waals surface area contributed by atoms with Crippen LogP contribution in [-0.2, 0) is 12.6 Å². The SMILES string of the molecule is CCCc1nc(N)c(C)c(-c2cnc(C(F)(F)F)s2)n1. The Morgan fingerprint density at radius 2 is 2.00 bits per heavy atom. The van der Waals surface area contributed by atoms with Crippen molar-refractivity contribution in [2.75, 3.05) is 5.73 Å². The van der Waals surface area contributed by atoms with E-state index in [-0.39, 0.29) is 0 Å². The molecular weight excluding hydrogens is 289 g/mol. The fraction of sp³-hybridized carbons (Fsp3) is 0.417. The van der Waals surface area contributed by atoms with E-state index in [2.05, 4.69) is 15.0 Å². The predicted molar refractivity (Wildman–Crippen MR) is 71.3 cm³/mol. The average molecular weight is 302 g/mol. The number of nitrogens with two attached hydrogens (primary N) is 1. The number of aryl methyl sites for hydroxylation is 1. The zero-order chi connectivity index (χ0) is 14.9. The smallest absolute Gasteiger partial charge is 0.383 e. The minimum Gasteiger partial charge on any atom is -0.383 e.